The van der Waals surface area contributed by atoms with Crippen LogP contribution in [0.25, 0.3) is 5.69 Å². The summed E-state index contributed by atoms with van der Waals surface area (Å²) in [4.78, 5) is 25.5. The molecule has 0 saturated carbocycles. The summed E-state index contributed by atoms with van der Waals surface area (Å²) in [6, 6.07) is 9.47. The summed E-state index contributed by atoms with van der Waals surface area (Å²) in [7, 11) is 0. The van der Waals surface area contributed by atoms with Crippen LogP contribution < -0.4 is 4.74 Å². The van der Waals surface area contributed by atoms with Crippen LogP contribution in [0.3, 0.4) is 0 Å². The van der Waals surface area contributed by atoms with Crippen molar-refractivity contribution in [2.45, 2.75) is 19.8 Å². The maximum absolute atomic E-state index is 12.8. The number of likely N-dealkylation sites (tertiary alicyclic amines) is 1. The molecule has 1 aromatic carbocycles. The van der Waals surface area contributed by atoms with Crippen LogP contribution >= 0.6 is 0 Å². The SMILES string of the molecule is CCCOc1cn(-c2ccccc2)nc1C(=O)N1CC[C@@H](C(=O)O)C1. The molecule has 0 bridgehead atoms. The Labute approximate surface area is 145 Å². The average Bonchev–Trinajstić information content (AvgIpc) is 3.27. The van der Waals surface area contributed by atoms with Crippen LogP contribution in [-0.2, 0) is 4.79 Å². The number of amides is 1. The van der Waals surface area contributed by atoms with Gasteiger partial charge in [0.25, 0.3) is 5.91 Å². The molecule has 2 heterocycles. The van der Waals surface area contributed by atoms with E-state index in [2.05, 4.69) is 5.10 Å². The van der Waals surface area contributed by atoms with Gasteiger partial charge < -0.3 is 14.7 Å². The number of carboxylic acid groups (broad SMARTS) is 1. The highest BCUT2D eigenvalue weighted by Crippen LogP contribution is 2.25. The van der Waals surface area contributed by atoms with Gasteiger partial charge in [-0.1, -0.05) is 25.1 Å². The zero-order valence-electron chi connectivity index (χ0n) is 14.1. The van der Waals surface area contributed by atoms with Crippen LogP contribution in [0.2, 0.25) is 0 Å². The number of aromatic nitrogens is 2. The second kappa shape index (κ2) is 7.38. The van der Waals surface area contributed by atoms with Crippen molar-refractivity contribution in [3.63, 3.8) is 0 Å². The minimum absolute atomic E-state index is 0.208. The van der Waals surface area contributed by atoms with Gasteiger partial charge in [0.2, 0.25) is 0 Å². The van der Waals surface area contributed by atoms with Gasteiger partial charge in [0.15, 0.2) is 11.4 Å². The predicted molar refractivity (Wildman–Crippen MR) is 91.0 cm³/mol. The molecule has 3 rings (SSSR count). The number of hydrogen-bond donors (Lipinski definition) is 1. The highest BCUT2D eigenvalue weighted by atomic mass is 16.5. The Morgan fingerprint density at radius 2 is 2.08 bits per heavy atom. The minimum Gasteiger partial charge on any atom is -0.489 e. The summed E-state index contributed by atoms with van der Waals surface area (Å²) in [5, 5.41) is 13.5. The van der Waals surface area contributed by atoms with Crippen molar-refractivity contribution < 1.29 is 19.4 Å². The van der Waals surface area contributed by atoms with Gasteiger partial charge in [-0.15, -0.1) is 0 Å². The fourth-order valence-electron chi connectivity index (χ4n) is 2.83. The van der Waals surface area contributed by atoms with Crippen LogP contribution in [0.15, 0.2) is 36.5 Å². The summed E-state index contributed by atoms with van der Waals surface area (Å²) in [6.45, 7) is 3.10. The normalized spacial score (nSPS) is 16.8. The van der Waals surface area contributed by atoms with Crippen LogP contribution in [-0.4, -0.2) is 51.4 Å². The lowest BCUT2D eigenvalue weighted by atomic mass is 10.1. The summed E-state index contributed by atoms with van der Waals surface area (Å²) in [5.41, 5.74) is 1.05. The molecule has 0 unspecified atom stereocenters. The van der Waals surface area contributed by atoms with E-state index in [9.17, 15) is 9.59 Å². The second-order valence-electron chi connectivity index (χ2n) is 6.05. The van der Waals surface area contributed by atoms with Crippen LogP contribution in [0.1, 0.15) is 30.3 Å². The maximum Gasteiger partial charge on any atom is 0.308 e. The van der Waals surface area contributed by atoms with Crippen molar-refractivity contribution in [3.8, 4) is 11.4 Å². The number of carbonyl (C=O) groups excluding carboxylic acids is 1. The number of nitrogens with zero attached hydrogens (tertiary/aromatic N) is 3. The third kappa shape index (κ3) is 3.65. The lowest BCUT2D eigenvalue weighted by Gasteiger charge is -2.15. The first kappa shape index (κ1) is 17.0. The monoisotopic (exact) mass is 343 g/mol. The topological polar surface area (TPSA) is 84.7 Å². The second-order valence-corrected chi connectivity index (χ2v) is 6.05. The van der Waals surface area contributed by atoms with Gasteiger partial charge in [-0.2, -0.15) is 5.10 Å². The molecule has 0 spiro atoms. The van der Waals surface area contributed by atoms with E-state index < -0.39 is 11.9 Å². The molecular weight excluding hydrogens is 322 g/mol. The Balaban J connectivity index is 1.87. The van der Waals surface area contributed by atoms with E-state index in [0.29, 0.717) is 25.3 Å². The molecule has 1 aromatic heterocycles. The molecule has 1 saturated heterocycles. The van der Waals surface area contributed by atoms with Crippen molar-refractivity contribution in [1.82, 2.24) is 14.7 Å². The zero-order valence-corrected chi connectivity index (χ0v) is 14.1. The lowest BCUT2D eigenvalue weighted by Crippen LogP contribution is -2.30. The summed E-state index contributed by atoms with van der Waals surface area (Å²) < 4.78 is 7.31. The van der Waals surface area contributed by atoms with Gasteiger partial charge in [0, 0.05) is 13.1 Å². The first-order valence-corrected chi connectivity index (χ1v) is 8.40. The molecule has 1 aliphatic heterocycles. The fourth-order valence-corrected chi connectivity index (χ4v) is 2.83. The Hall–Kier alpha value is -2.83. The van der Waals surface area contributed by atoms with E-state index in [1.54, 1.807) is 10.9 Å². The van der Waals surface area contributed by atoms with Gasteiger partial charge in [0.1, 0.15) is 0 Å². The van der Waals surface area contributed by atoms with Crippen molar-refractivity contribution in [3.05, 3.63) is 42.2 Å². The Bertz CT molecular complexity index is 757. The molecule has 7 nitrogen and oxygen atoms in total. The average molecular weight is 343 g/mol. The van der Waals surface area contributed by atoms with Crippen molar-refractivity contribution in [1.29, 1.82) is 0 Å². The number of benzene rings is 1. The van der Waals surface area contributed by atoms with Crippen molar-refractivity contribution in [2.75, 3.05) is 19.7 Å². The van der Waals surface area contributed by atoms with Gasteiger partial charge in [0.05, 0.1) is 24.4 Å². The van der Waals surface area contributed by atoms with E-state index in [1.165, 1.54) is 4.90 Å². The van der Waals surface area contributed by atoms with E-state index in [1.807, 2.05) is 37.3 Å². The summed E-state index contributed by atoms with van der Waals surface area (Å²) in [5.74, 6) is -1.24. The highest BCUT2D eigenvalue weighted by Gasteiger charge is 2.33. The molecule has 0 aliphatic carbocycles. The van der Waals surface area contributed by atoms with E-state index >= 15 is 0 Å². The van der Waals surface area contributed by atoms with Crippen LogP contribution in [0, 0.1) is 5.92 Å². The molecule has 1 N–H and O–H groups in total. The van der Waals surface area contributed by atoms with E-state index in [-0.39, 0.29) is 18.1 Å². The van der Waals surface area contributed by atoms with E-state index in [0.717, 1.165) is 12.1 Å². The number of para-hydroxylation sites is 1. The predicted octanol–water partition coefficient (Wildman–Crippen LogP) is 2.21. The molecule has 25 heavy (non-hydrogen) atoms. The Kier molecular flexibility index (Phi) is 5.02. The highest BCUT2D eigenvalue weighted by molar-refractivity contribution is 5.95. The number of rotatable bonds is 6. The van der Waals surface area contributed by atoms with Gasteiger partial charge >= 0.3 is 5.97 Å². The largest absolute Gasteiger partial charge is 0.489 e. The van der Waals surface area contributed by atoms with Gasteiger partial charge in [-0.25, -0.2) is 4.68 Å². The molecule has 1 atom stereocenters. The first-order chi connectivity index (χ1) is 12.1. The number of aliphatic carboxylic acids is 1. The number of carbonyl (C=O) groups is 2. The lowest BCUT2D eigenvalue weighted by molar-refractivity contribution is -0.141. The molecule has 1 aliphatic rings. The summed E-state index contributed by atoms with van der Waals surface area (Å²) in [6.07, 6.45) is 2.98. The number of ether oxygens (including phenoxy) is 1. The standard InChI is InChI=1S/C18H21N3O4/c1-2-10-25-15-12-21(14-6-4-3-5-7-14)19-16(15)17(22)20-9-8-13(11-20)18(23)24/h3-7,12-13H,2,8-11H2,1H3,(H,23,24)/t13-/m1/s1. The first-order valence-electron chi connectivity index (χ1n) is 8.40. The quantitative estimate of drug-likeness (QED) is 0.869. The molecule has 1 fully saturated rings. The summed E-state index contributed by atoms with van der Waals surface area (Å²) >= 11 is 0. The third-order valence-corrected chi connectivity index (χ3v) is 4.19. The Morgan fingerprint density at radius 1 is 1.32 bits per heavy atom. The van der Waals surface area contributed by atoms with Crippen molar-refractivity contribution >= 4 is 11.9 Å². The van der Waals surface area contributed by atoms with Gasteiger partial charge in [-0.3, -0.25) is 9.59 Å². The van der Waals surface area contributed by atoms with Crippen LogP contribution in [0.5, 0.6) is 5.75 Å². The third-order valence-electron chi connectivity index (χ3n) is 4.19. The Morgan fingerprint density at radius 3 is 2.72 bits per heavy atom. The molecule has 0 radical (unpaired) electrons. The minimum atomic E-state index is -0.868. The molecule has 132 valence electrons. The smallest absolute Gasteiger partial charge is 0.308 e. The molecular formula is C18H21N3O4. The number of carboxylic acids is 1. The van der Waals surface area contributed by atoms with E-state index in [4.69, 9.17) is 9.84 Å². The van der Waals surface area contributed by atoms with Crippen molar-refractivity contribution in [2.24, 2.45) is 5.92 Å². The number of hydrogen-bond acceptors (Lipinski definition) is 4. The molecule has 1 amide bonds. The zero-order chi connectivity index (χ0) is 17.8. The fraction of sp³-hybridized carbons (Fsp3) is 0.389. The molecule has 2 aromatic rings. The molecule has 7 heteroatoms. The van der Waals surface area contributed by atoms with Crippen LogP contribution in [0.4, 0.5) is 0 Å². The van der Waals surface area contributed by atoms with Gasteiger partial charge in [-0.05, 0) is 25.0 Å². The maximum atomic E-state index is 12.8.